The summed E-state index contributed by atoms with van der Waals surface area (Å²) in [6, 6.07) is 0. The third-order valence-electron chi connectivity index (χ3n) is 3.23. The molecule has 0 aromatic carbocycles. The van der Waals surface area contributed by atoms with Gasteiger partial charge in [0, 0.05) is 17.8 Å². The van der Waals surface area contributed by atoms with Crippen molar-refractivity contribution in [1.29, 1.82) is 0 Å². The lowest BCUT2D eigenvalue weighted by Crippen LogP contribution is -2.09. The summed E-state index contributed by atoms with van der Waals surface area (Å²) in [5, 5.41) is 0. The molecule has 17 heavy (non-hydrogen) atoms. The van der Waals surface area contributed by atoms with Crippen LogP contribution in [0.5, 0.6) is 0 Å². The maximum Gasteiger partial charge on any atom is 0.158 e. The van der Waals surface area contributed by atoms with Crippen LogP contribution in [0.3, 0.4) is 0 Å². The Morgan fingerprint density at radius 1 is 1.29 bits per heavy atom. The van der Waals surface area contributed by atoms with E-state index in [2.05, 4.69) is 0 Å². The molecule has 1 atom stereocenters. The molecular formula is C15H22O2. The normalized spacial score (nSPS) is 31.3. The number of hydrogen-bond donors (Lipinski definition) is 0. The third kappa shape index (κ3) is 4.29. The fourth-order valence-corrected chi connectivity index (χ4v) is 2.06. The molecule has 1 aliphatic rings. The topological polar surface area (TPSA) is 34.1 Å². The minimum atomic E-state index is -0.237. The predicted molar refractivity (Wildman–Crippen MR) is 69.7 cm³/mol. The first kappa shape index (κ1) is 13.9. The van der Waals surface area contributed by atoms with Gasteiger partial charge in [0.05, 0.1) is 0 Å². The zero-order chi connectivity index (χ0) is 13.1. The van der Waals surface area contributed by atoms with Crippen molar-refractivity contribution in [1.82, 2.24) is 0 Å². The second-order valence-corrected chi connectivity index (χ2v) is 5.60. The molecule has 0 saturated heterocycles. The van der Waals surface area contributed by atoms with E-state index in [-0.39, 0.29) is 22.9 Å². The van der Waals surface area contributed by atoms with Gasteiger partial charge in [0.15, 0.2) is 11.6 Å². The minimum absolute atomic E-state index is 0.0215. The molecule has 1 rings (SSSR count). The van der Waals surface area contributed by atoms with Crippen molar-refractivity contribution < 1.29 is 9.59 Å². The maximum atomic E-state index is 11.8. The lowest BCUT2D eigenvalue weighted by atomic mass is 9.89. The second-order valence-electron chi connectivity index (χ2n) is 5.60. The zero-order valence-electron chi connectivity index (χ0n) is 11.2. The summed E-state index contributed by atoms with van der Waals surface area (Å²) in [5.74, 6) is 0.389. The molecule has 0 aromatic rings. The lowest BCUT2D eigenvalue weighted by Gasteiger charge is -2.16. The quantitative estimate of drug-likeness (QED) is 0.643. The molecule has 2 nitrogen and oxygen atoms in total. The Bertz CT molecular complexity index is 370. The Kier molecular flexibility index (Phi) is 4.44. The molecule has 2 heteroatoms. The van der Waals surface area contributed by atoms with Crippen molar-refractivity contribution in [2.75, 3.05) is 0 Å². The van der Waals surface area contributed by atoms with Crippen LogP contribution in [0.25, 0.3) is 0 Å². The van der Waals surface area contributed by atoms with E-state index in [0.717, 1.165) is 18.4 Å². The van der Waals surface area contributed by atoms with Crippen LogP contribution in [0, 0.1) is 11.3 Å². The monoisotopic (exact) mass is 234 g/mol. The van der Waals surface area contributed by atoms with Crippen LogP contribution in [-0.2, 0) is 9.59 Å². The molecule has 1 unspecified atom stereocenters. The third-order valence-corrected chi connectivity index (χ3v) is 3.23. The van der Waals surface area contributed by atoms with Gasteiger partial charge in [-0.25, -0.2) is 0 Å². The van der Waals surface area contributed by atoms with Crippen molar-refractivity contribution in [3.05, 3.63) is 23.8 Å². The van der Waals surface area contributed by atoms with Gasteiger partial charge in [-0.05, 0) is 31.4 Å². The Labute approximate surface area is 104 Å². The largest absolute Gasteiger partial charge is 0.295 e. The zero-order valence-corrected chi connectivity index (χ0v) is 11.2. The number of allylic oxidation sites excluding steroid dienone is 4. The Balaban J connectivity index is 3.00. The Hall–Kier alpha value is -1.18. The van der Waals surface area contributed by atoms with Crippen molar-refractivity contribution in [2.24, 2.45) is 11.3 Å². The molecule has 0 aromatic heterocycles. The molecule has 0 bridgehead atoms. The summed E-state index contributed by atoms with van der Waals surface area (Å²) in [4.78, 5) is 23.6. The Morgan fingerprint density at radius 3 is 2.59 bits per heavy atom. The van der Waals surface area contributed by atoms with Crippen molar-refractivity contribution in [3.8, 4) is 0 Å². The number of carbonyl (C=O) groups excluding carboxylic acids is 2. The van der Waals surface area contributed by atoms with Crippen LogP contribution in [-0.4, -0.2) is 11.6 Å². The van der Waals surface area contributed by atoms with Crippen LogP contribution in [0.1, 0.15) is 47.0 Å². The summed E-state index contributed by atoms with van der Waals surface area (Å²) < 4.78 is 0. The maximum absolute atomic E-state index is 11.8. The smallest absolute Gasteiger partial charge is 0.158 e. The van der Waals surface area contributed by atoms with Crippen LogP contribution >= 0.6 is 0 Å². The van der Waals surface area contributed by atoms with Crippen LogP contribution in [0.15, 0.2) is 23.8 Å². The number of ketones is 2. The summed E-state index contributed by atoms with van der Waals surface area (Å²) in [5.41, 5.74) is 0.570. The van der Waals surface area contributed by atoms with Gasteiger partial charge in [-0.1, -0.05) is 32.9 Å². The minimum Gasteiger partial charge on any atom is -0.295 e. The van der Waals surface area contributed by atoms with Crippen LogP contribution < -0.4 is 0 Å². The highest BCUT2D eigenvalue weighted by Crippen LogP contribution is 2.24. The summed E-state index contributed by atoms with van der Waals surface area (Å²) in [7, 11) is 0. The van der Waals surface area contributed by atoms with Crippen LogP contribution in [0.2, 0.25) is 0 Å². The molecular weight excluding hydrogens is 212 g/mol. The van der Waals surface area contributed by atoms with Gasteiger partial charge in [0.2, 0.25) is 0 Å². The summed E-state index contributed by atoms with van der Waals surface area (Å²) in [6.45, 7) is 7.82. The standard InChI is InChI=1S/C15H22O2/c1-11-6-5-7-13(16)12(2)10-15(3,4)9-8-14(11)17/h8-11H,5-7H2,1-4H3/b9-8+,12-10-. The van der Waals surface area contributed by atoms with Crippen molar-refractivity contribution in [2.45, 2.75) is 47.0 Å². The molecule has 0 amide bonds. The van der Waals surface area contributed by atoms with Gasteiger partial charge in [-0.3, -0.25) is 9.59 Å². The van der Waals surface area contributed by atoms with Crippen LogP contribution in [0.4, 0.5) is 0 Å². The molecule has 0 spiro atoms. The first-order valence-electron chi connectivity index (χ1n) is 6.27. The second kappa shape index (κ2) is 5.44. The van der Waals surface area contributed by atoms with Gasteiger partial charge in [-0.15, -0.1) is 0 Å². The highest BCUT2D eigenvalue weighted by atomic mass is 16.1. The molecule has 0 heterocycles. The number of carbonyl (C=O) groups is 2. The predicted octanol–water partition coefficient (Wildman–Crippen LogP) is 3.47. The lowest BCUT2D eigenvalue weighted by molar-refractivity contribution is -0.119. The van der Waals surface area contributed by atoms with E-state index in [0.29, 0.717) is 6.42 Å². The Morgan fingerprint density at radius 2 is 1.94 bits per heavy atom. The van der Waals surface area contributed by atoms with E-state index in [1.54, 1.807) is 6.08 Å². The molecule has 0 saturated carbocycles. The average molecular weight is 234 g/mol. The van der Waals surface area contributed by atoms with E-state index in [4.69, 9.17) is 0 Å². The SMILES string of the molecule is C/C1=C/C(C)(C)/C=C/C(=O)C(C)CCCC1=O. The highest BCUT2D eigenvalue weighted by Gasteiger charge is 2.18. The van der Waals surface area contributed by atoms with Gasteiger partial charge < -0.3 is 0 Å². The summed E-state index contributed by atoms with van der Waals surface area (Å²) in [6.07, 6.45) is 7.66. The molecule has 0 N–H and O–H groups in total. The van der Waals surface area contributed by atoms with E-state index >= 15 is 0 Å². The van der Waals surface area contributed by atoms with E-state index in [1.807, 2.05) is 39.8 Å². The molecule has 0 aliphatic heterocycles. The highest BCUT2D eigenvalue weighted by molar-refractivity contribution is 5.95. The fourth-order valence-electron chi connectivity index (χ4n) is 2.06. The molecule has 1 aliphatic carbocycles. The summed E-state index contributed by atoms with van der Waals surface area (Å²) >= 11 is 0. The van der Waals surface area contributed by atoms with Gasteiger partial charge in [0.25, 0.3) is 0 Å². The molecule has 0 fully saturated rings. The van der Waals surface area contributed by atoms with E-state index < -0.39 is 0 Å². The number of Topliss-reactive ketones (excluding diaryl/α,β-unsaturated/α-hetero) is 1. The average Bonchev–Trinajstić information content (AvgIpc) is 2.24. The first-order valence-corrected chi connectivity index (χ1v) is 6.27. The van der Waals surface area contributed by atoms with E-state index in [1.165, 1.54) is 0 Å². The van der Waals surface area contributed by atoms with Crippen molar-refractivity contribution in [3.63, 3.8) is 0 Å². The number of rotatable bonds is 0. The van der Waals surface area contributed by atoms with Crippen molar-refractivity contribution >= 4 is 11.6 Å². The van der Waals surface area contributed by atoms with E-state index in [9.17, 15) is 9.59 Å². The molecule has 0 radical (unpaired) electrons. The van der Waals surface area contributed by atoms with Gasteiger partial charge in [-0.2, -0.15) is 0 Å². The first-order chi connectivity index (χ1) is 7.82. The van der Waals surface area contributed by atoms with Gasteiger partial charge >= 0.3 is 0 Å². The van der Waals surface area contributed by atoms with Gasteiger partial charge in [0.1, 0.15) is 0 Å². The fraction of sp³-hybridized carbons (Fsp3) is 0.600. The number of hydrogen-bond acceptors (Lipinski definition) is 2. The molecule has 94 valence electrons.